The van der Waals surface area contributed by atoms with Crippen LogP contribution in [0.2, 0.25) is 0 Å². The number of hydrogen-bond donors (Lipinski definition) is 0. The molecule has 0 unspecified atom stereocenters. The van der Waals surface area contributed by atoms with E-state index < -0.39 is 3.25 Å². The third-order valence-corrected chi connectivity index (χ3v) is 1.02. The number of rotatable bonds is 1. The molecule has 0 aliphatic rings. The molecule has 0 nitrogen and oxygen atoms in total. The normalized spacial score (nSPS) is 12.5. The molecule has 0 rings (SSSR count). The summed E-state index contributed by atoms with van der Waals surface area (Å²) in [4.78, 5) is 0. The quantitative estimate of drug-likeness (QED) is 0.540. The maximum absolute atomic E-state index is 4.83. The Balaban J connectivity index is 0. The van der Waals surface area contributed by atoms with E-state index in [2.05, 4.69) is 34.6 Å². The lowest BCUT2D eigenvalue weighted by Crippen LogP contribution is -2.08. The molecule has 82 valence electrons. The second-order valence-electron chi connectivity index (χ2n) is 4.59. The van der Waals surface area contributed by atoms with Crippen molar-refractivity contribution in [3.8, 4) is 0 Å². The second-order valence-corrected chi connectivity index (χ2v) is 8.02. The number of alkyl halides is 4. The van der Waals surface area contributed by atoms with Gasteiger partial charge in [0.25, 0.3) is 3.25 Å². The van der Waals surface area contributed by atoms with Crippen molar-refractivity contribution in [2.24, 2.45) is 11.3 Å². The first kappa shape index (κ1) is 16.6. The molecule has 0 aliphatic heterocycles. The van der Waals surface area contributed by atoms with Crippen molar-refractivity contribution >= 4 is 46.4 Å². The van der Waals surface area contributed by atoms with Crippen molar-refractivity contribution in [3.05, 3.63) is 0 Å². The van der Waals surface area contributed by atoms with Crippen molar-refractivity contribution in [1.82, 2.24) is 0 Å². The maximum Gasteiger partial charge on any atom is 0.266 e. The predicted molar refractivity (Wildman–Crippen MR) is 65.1 cm³/mol. The molecule has 0 atom stereocenters. The summed E-state index contributed by atoms with van der Waals surface area (Å²) >= 11 is 19.3. The van der Waals surface area contributed by atoms with Gasteiger partial charge >= 0.3 is 0 Å². The lowest BCUT2D eigenvalue weighted by Gasteiger charge is -2.19. The van der Waals surface area contributed by atoms with Gasteiger partial charge in [0.05, 0.1) is 0 Å². The van der Waals surface area contributed by atoms with Gasteiger partial charge in [-0.25, -0.2) is 0 Å². The fourth-order valence-electron chi connectivity index (χ4n) is 1.22. The Morgan fingerprint density at radius 1 is 0.923 bits per heavy atom. The standard InChI is InChI=1S/C8H18.CCl4/c1-7(2)6-8(3,4)5;2-1(3,4)5/h7H,6H2,1-5H3;. The van der Waals surface area contributed by atoms with Crippen molar-refractivity contribution in [2.75, 3.05) is 0 Å². The van der Waals surface area contributed by atoms with Crippen LogP contribution >= 0.6 is 46.4 Å². The Morgan fingerprint density at radius 2 is 1.15 bits per heavy atom. The molecule has 0 spiro atoms. The summed E-state index contributed by atoms with van der Waals surface area (Å²) in [7, 11) is 0. The van der Waals surface area contributed by atoms with E-state index in [4.69, 9.17) is 46.4 Å². The molecule has 0 radical (unpaired) electrons. The molecule has 4 heteroatoms. The van der Waals surface area contributed by atoms with Crippen LogP contribution in [-0.4, -0.2) is 3.25 Å². The zero-order valence-corrected chi connectivity index (χ0v) is 11.8. The van der Waals surface area contributed by atoms with Crippen LogP contribution in [0.3, 0.4) is 0 Å². The van der Waals surface area contributed by atoms with Gasteiger partial charge in [0, 0.05) is 0 Å². The Labute approximate surface area is 102 Å². The monoisotopic (exact) mass is 266 g/mol. The van der Waals surface area contributed by atoms with Gasteiger partial charge in [0.15, 0.2) is 0 Å². The third kappa shape index (κ3) is 43.2. The SMILES string of the molecule is CC(C)CC(C)(C)C.ClC(Cl)(Cl)Cl. The summed E-state index contributed by atoms with van der Waals surface area (Å²) in [5, 5.41) is 0. The number of halogens is 4. The van der Waals surface area contributed by atoms with Gasteiger partial charge in [-0.1, -0.05) is 81.0 Å². The smallest absolute Gasteiger partial charge is 0.0664 e. The van der Waals surface area contributed by atoms with Gasteiger partial charge in [-0.15, -0.1) is 0 Å². The van der Waals surface area contributed by atoms with Gasteiger partial charge in [-0.2, -0.15) is 0 Å². The first-order valence-electron chi connectivity index (χ1n) is 4.17. The van der Waals surface area contributed by atoms with Crippen LogP contribution in [0, 0.1) is 11.3 Å². The van der Waals surface area contributed by atoms with Gasteiger partial charge in [-0.05, 0) is 17.8 Å². The Morgan fingerprint density at radius 3 is 1.15 bits per heavy atom. The van der Waals surface area contributed by atoms with E-state index in [1.807, 2.05) is 0 Å². The Kier molecular flexibility index (Phi) is 8.43. The van der Waals surface area contributed by atoms with Gasteiger partial charge in [0.1, 0.15) is 0 Å². The summed E-state index contributed by atoms with van der Waals surface area (Å²) in [5.74, 6) is 0.843. The van der Waals surface area contributed by atoms with Crippen LogP contribution in [0.4, 0.5) is 0 Å². The first-order valence-corrected chi connectivity index (χ1v) is 5.68. The van der Waals surface area contributed by atoms with E-state index in [-0.39, 0.29) is 0 Å². The molecule has 0 N–H and O–H groups in total. The molecular weight excluding hydrogens is 250 g/mol. The van der Waals surface area contributed by atoms with Crippen molar-refractivity contribution in [2.45, 2.75) is 44.3 Å². The molecule has 0 heterocycles. The first-order chi connectivity index (χ1) is 5.42. The minimum absolute atomic E-state index is 0.522. The average Bonchev–Trinajstić information content (AvgIpc) is 1.47. The Bertz CT molecular complexity index is 113. The van der Waals surface area contributed by atoms with Crippen LogP contribution in [0.5, 0.6) is 0 Å². The molecule has 0 saturated carbocycles. The van der Waals surface area contributed by atoms with E-state index in [9.17, 15) is 0 Å². The lowest BCUT2D eigenvalue weighted by molar-refractivity contribution is 0.320. The topological polar surface area (TPSA) is 0 Å². The summed E-state index contributed by atoms with van der Waals surface area (Å²) < 4.78 is -1.61. The molecule has 0 aromatic heterocycles. The van der Waals surface area contributed by atoms with Crippen molar-refractivity contribution in [1.29, 1.82) is 0 Å². The lowest BCUT2D eigenvalue weighted by atomic mass is 9.86. The van der Waals surface area contributed by atoms with Crippen molar-refractivity contribution < 1.29 is 0 Å². The highest BCUT2D eigenvalue weighted by molar-refractivity contribution is 6.83. The van der Waals surface area contributed by atoms with Crippen LogP contribution in [-0.2, 0) is 0 Å². The molecule has 0 aliphatic carbocycles. The summed E-state index contributed by atoms with van der Waals surface area (Å²) in [6, 6.07) is 0. The minimum atomic E-state index is -1.61. The molecular formula is C9H18Cl4. The van der Waals surface area contributed by atoms with Crippen LogP contribution in [0.15, 0.2) is 0 Å². The zero-order chi connectivity index (χ0) is 11.3. The van der Waals surface area contributed by atoms with E-state index in [1.54, 1.807) is 0 Å². The fourth-order valence-corrected chi connectivity index (χ4v) is 1.22. The predicted octanol–water partition coefficient (Wildman–Crippen LogP) is 5.63. The minimum Gasteiger partial charge on any atom is -0.0664 e. The highest BCUT2D eigenvalue weighted by Crippen LogP contribution is 2.29. The van der Waals surface area contributed by atoms with E-state index in [0.717, 1.165) is 5.92 Å². The van der Waals surface area contributed by atoms with Gasteiger partial charge < -0.3 is 0 Å². The average molecular weight is 268 g/mol. The Hall–Kier alpha value is 1.16. The summed E-state index contributed by atoms with van der Waals surface area (Å²) in [6.45, 7) is 11.4. The molecule has 0 bridgehead atoms. The second kappa shape index (κ2) is 6.61. The summed E-state index contributed by atoms with van der Waals surface area (Å²) in [5.41, 5.74) is 0.522. The third-order valence-electron chi connectivity index (χ3n) is 1.02. The molecule has 13 heavy (non-hydrogen) atoms. The van der Waals surface area contributed by atoms with E-state index in [0.29, 0.717) is 5.41 Å². The molecule has 0 amide bonds. The van der Waals surface area contributed by atoms with Crippen LogP contribution in [0.1, 0.15) is 41.0 Å². The highest BCUT2D eigenvalue weighted by Gasteiger charge is 2.11. The summed E-state index contributed by atoms with van der Waals surface area (Å²) in [6.07, 6.45) is 1.33. The molecule has 0 fully saturated rings. The van der Waals surface area contributed by atoms with Gasteiger partial charge in [-0.3, -0.25) is 0 Å². The fraction of sp³-hybridized carbons (Fsp3) is 1.00. The van der Waals surface area contributed by atoms with Gasteiger partial charge in [0.2, 0.25) is 0 Å². The van der Waals surface area contributed by atoms with E-state index in [1.165, 1.54) is 6.42 Å². The van der Waals surface area contributed by atoms with Crippen LogP contribution in [0.25, 0.3) is 0 Å². The van der Waals surface area contributed by atoms with E-state index >= 15 is 0 Å². The molecule has 0 aromatic rings. The highest BCUT2D eigenvalue weighted by atomic mass is 35.6. The zero-order valence-electron chi connectivity index (χ0n) is 8.80. The molecule has 0 aromatic carbocycles. The van der Waals surface area contributed by atoms with Crippen LogP contribution < -0.4 is 0 Å². The van der Waals surface area contributed by atoms with Crippen molar-refractivity contribution in [3.63, 3.8) is 0 Å². The largest absolute Gasteiger partial charge is 0.266 e. The molecule has 0 saturated heterocycles. The number of hydrogen-bond acceptors (Lipinski definition) is 0. The maximum atomic E-state index is 4.83.